The van der Waals surface area contributed by atoms with Crippen LogP contribution in [-0.4, -0.2) is 19.6 Å². The highest BCUT2D eigenvalue weighted by molar-refractivity contribution is 7.89. The predicted octanol–water partition coefficient (Wildman–Crippen LogP) is 2.52. The molecular weight excluding hydrogens is 318 g/mol. The first-order valence-electron chi connectivity index (χ1n) is 6.66. The lowest BCUT2D eigenvalue weighted by Gasteiger charge is -2.06. The van der Waals surface area contributed by atoms with Crippen molar-refractivity contribution >= 4 is 21.9 Å². The van der Waals surface area contributed by atoms with Crippen molar-refractivity contribution in [2.24, 2.45) is 5.10 Å². The molecule has 23 heavy (non-hydrogen) atoms. The van der Waals surface area contributed by atoms with Crippen LogP contribution in [0.25, 0.3) is 0 Å². The Bertz CT molecular complexity index is 859. The Labute approximate surface area is 133 Å². The van der Waals surface area contributed by atoms with Gasteiger partial charge >= 0.3 is 0 Å². The number of nitrogens with one attached hydrogen (secondary N) is 1. The summed E-state index contributed by atoms with van der Waals surface area (Å²) in [4.78, 5) is 12.3. The van der Waals surface area contributed by atoms with E-state index < -0.39 is 14.9 Å². The van der Waals surface area contributed by atoms with E-state index in [0.29, 0.717) is 5.56 Å². The molecule has 1 N–H and O–H groups in total. The van der Waals surface area contributed by atoms with E-state index >= 15 is 0 Å². The van der Waals surface area contributed by atoms with Crippen LogP contribution in [0, 0.1) is 24.0 Å². The lowest BCUT2D eigenvalue weighted by Crippen LogP contribution is -2.18. The van der Waals surface area contributed by atoms with E-state index in [0.717, 1.165) is 11.1 Å². The largest absolute Gasteiger partial charge is 0.276 e. The van der Waals surface area contributed by atoms with Gasteiger partial charge in [-0.1, -0.05) is 6.07 Å². The summed E-state index contributed by atoms with van der Waals surface area (Å²) >= 11 is 0. The third-order valence-electron chi connectivity index (χ3n) is 3.28. The second-order valence-corrected chi connectivity index (χ2v) is 6.61. The average molecular weight is 333 g/mol. The van der Waals surface area contributed by atoms with Gasteiger partial charge in [0.1, 0.15) is 0 Å². The van der Waals surface area contributed by atoms with Gasteiger partial charge in [-0.2, -0.15) is 13.5 Å². The van der Waals surface area contributed by atoms with E-state index in [4.69, 9.17) is 0 Å². The first kappa shape index (κ1) is 16.6. The number of hydrogen-bond acceptors (Lipinski definition) is 5. The molecule has 0 fully saturated rings. The quantitative estimate of drug-likeness (QED) is 0.516. The van der Waals surface area contributed by atoms with Gasteiger partial charge in [0.2, 0.25) is 0 Å². The first-order chi connectivity index (χ1) is 10.8. The van der Waals surface area contributed by atoms with Crippen molar-refractivity contribution in [3.63, 3.8) is 0 Å². The molecule has 8 heteroatoms. The van der Waals surface area contributed by atoms with Crippen molar-refractivity contribution in [2.45, 2.75) is 18.7 Å². The highest BCUT2D eigenvalue weighted by atomic mass is 32.2. The zero-order valence-corrected chi connectivity index (χ0v) is 13.4. The SMILES string of the molecule is Cc1ccc(S(=O)(=O)N/N=C/c2ccc([N+](=O)[O-])cc2)cc1C. The Kier molecular flexibility index (Phi) is 4.75. The molecule has 0 aliphatic heterocycles. The number of hydrogen-bond donors (Lipinski definition) is 1. The molecule has 0 amide bonds. The number of nitro benzene ring substituents is 1. The fourth-order valence-corrected chi connectivity index (χ4v) is 2.66. The molecule has 120 valence electrons. The van der Waals surface area contributed by atoms with Crippen molar-refractivity contribution in [2.75, 3.05) is 0 Å². The molecule has 7 nitrogen and oxygen atoms in total. The number of non-ortho nitro benzene ring substituents is 1. The van der Waals surface area contributed by atoms with E-state index in [1.807, 2.05) is 13.8 Å². The van der Waals surface area contributed by atoms with Crippen molar-refractivity contribution in [3.05, 3.63) is 69.3 Å². The molecule has 0 unspecified atom stereocenters. The van der Waals surface area contributed by atoms with Crippen LogP contribution in [0.1, 0.15) is 16.7 Å². The minimum Gasteiger partial charge on any atom is -0.258 e. The Morgan fingerprint density at radius 2 is 1.74 bits per heavy atom. The molecular formula is C15H15N3O4S. The summed E-state index contributed by atoms with van der Waals surface area (Å²) in [7, 11) is -3.75. The third-order valence-corrected chi connectivity index (χ3v) is 4.50. The highest BCUT2D eigenvalue weighted by Crippen LogP contribution is 2.14. The standard InChI is InChI=1S/C15H15N3O4S/c1-11-3-8-15(9-12(11)2)23(21,22)17-16-10-13-4-6-14(7-5-13)18(19)20/h3-10,17H,1-2H3/b16-10+. The lowest BCUT2D eigenvalue weighted by atomic mass is 10.1. The number of hydrazone groups is 1. The Balaban J connectivity index is 2.11. The molecule has 0 radical (unpaired) electrons. The van der Waals surface area contributed by atoms with Crippen LogP contribution in [0.4, 0.5) is 5.69 Å². The summed E-state index contributed by atoms with van der Waals surface area (Å²) in [5.74, 6) is 0. The maximum absolute atomic E-state index is 12.1. The minimum absolute atomic E-state index is 0.0436. The Hall–Kier alpha value is -2.74. The summed E-state index contributed by atoms with van der Waals surface area (Å²) in [6.45, 7) is 3.72. The van der Waals surface area contributed by atoms with Crippen molar-refractivity contribution in [1.29, 1.82) is 0 Å². The van der Waals surface area contributed by atoms with Gasteiger partial charge in [0.15, 0.2) is 0 Å². The number of aryl methyl sites for hydroxylation is 2. The van der Waals surface area contributed by atoms with E-state index in [-0.39, 0.29) is 10.6 Å². The molecule has 0 atom stereocenters. The Morgan fingerprint density at radius 3 is 2.30 bits per heavy atom. The molecule has 0 saturated heterocycles. The van der Waals surface area contributed by atoms with Crippen LogP contribution < -0.4 is 4.83 Å². The number of rotatable bonds is 5. The fraction of sp³-hybridized carbons (Fsp3) is 0.133. The monoisotopic (exact) mass is 333 g/mol. The molecule has 2 aromatic rings. The Morgan fingerprint density at radius 1 is 1.09 bits per heavy atom. The summed E-state index contributed by atoms with van der Waals surface area (Å²) in [5.41, 5.74) is 2.36. The highest BCUT2D eigenvalue weighted by Gasteiger charge is 2.13. The van der Waals surface area contributed by atoms with Gasteiger partial charge in [-0.05, 0) is 54.8 Å². The van der Waals surface area contributed by atoms with Crippen LogP contribution in [-0.2, 0) is 10.0 Å². The fourth-order valence-electron chi connectivity index (χ4n) is 1.79. The van der Waals surface area contributed by atoms with E-state index in [1.54, 1.807) is 12.1 Å². The summed E-state index contributed by atoms with van der Waals surface area (Å²) in [6.07, 6.45) is 1.28. The second kappa shape index (κ2) is 6.57. The maximum atomic E-state index is 12.1. The van der Waals surface area contributed by atoms with Gasteiger partial charge in [-0.15, -0.1) is 0 Å². The van der Waals surface area contributed by atoms with E-state index in [2.05, 4.69) is 9.93 Å². The minimum atomic E-state index is -3.75. The van der Waals surface area contributed by atoms with Gasteiger partial charge in [0.05, 0.1) is 16.0 Å². The van der Waals surface area contributed by atoms with Crippen molar-refractivity contribution in [3.8, 4) is 0 Å². The van der Waals surface area contributed by atoms with E-state index in [1.165, 1.54) is 36.5 Å². The second-order valence-electron chi connectivity index (χ2n) is 4.95. The molecule has 0 bridgehead atoms. The van der Waals surface area contributed by atoms with Gasteiger partial charge in [-0.3, -0.25) is 10.1 Å². The van der Waals surface area contributed by atoms with Crippen LogP contribution >= 0.6 is 0 Å². The maximum Gasteiger partial charge on any atom is 0.276 e. The third kappa shape index (κ3) is 4.13. The van der Waals surface area contributed by atoms with Crippen LogP contribution in [0.3, 0.4) is 0 Å². The van der Waals surface area contributed by atoms with Crippen LogP contribution in [0.5, 0.6) is 0 Å². The van der Waals surface area contributed by atoms with Gasteiger partial charge in [0.25, 0.3) is 15.7 Å². The zero-order chi connectivity index (χ0) is 17.0. The number of benzene rings is 2. The smallest absolute Gasteiger partial charge is 0.258 e. The van der Waals surface area contributed by atoms with Gasteiger partial charge < -0.3 is 0 Å². The lowest BCUT2D eigenvalue weighted by molar-refractivity contribution is -0.384. The van der Waals surface area contributed by atoms with E-state index in [9.17, 15) is 18.5 Å². The molecule has 0 heterocycles. The normalized spacial score (nSPS) is 11.6. The summed E-state index contributed by atoms with van der Waals surface area (Å²) in [5, 5.41) is 14.2. The predicted molar refractivity (Wildman–Crippen MR) is 86.9 cm³/mol. The molecule has 0 spiro atoms. The molecule has 2 rings (SSSR count). The average Bonchev–Trinajstić information content (AvgIpc) is 2.50. The number of nitrogens with zero attached hydrogens (tertiary/aromatic N) is 2. The van der Waals surface area contributed by atoms with Gasteiger partial charge in [-0.25, -0.2) is 4.83 Å². The van der Waals surface area contributed by atoms with Crippen LogP contribution in [0.2, 0.25) is 0 Å². The molecule has 2 aromatic carbocycles. The summed E-state index contributed by atoms with van der Waals surface area (Å²) < 4.78 is 24.2. The molecule has 0 aliphatic rings. The van der Waals surface area contributed by atoms with Gasteiger partial charge in [0, 0.05) is 12.1 Å². The number of sulfonamides is 1. The topological polar surface area (TPSA) is 102 Å². The molecule has 0 saturated carbocycles. The van der Waals surface area contributed by atoms with Crippen molar-refractivity contribution in [1.82, 2.24) is 4.83 Å². The zero-order valence-electron chi connectivity index (χ0n) is 12.6. The van der Waals surface area contributed by atoms with Crippen molar-refractivity contribution < 1.29 is 13.3 Å². The molecule has 0 aromatic heterocycles. The van der Waals surface area contributed by atoms with Crippen LogP contribution in [0.15, 0.2) is 52.5 Å². The molecule has 0 aliphatic carbocycles. The number of nitro groups is 1. The first-order valence-corrected chi connectivity index (χ1v) is 8.14. The summed E-state index contributed by atoms with van der Waals surface area (Å²) in [6, 6.07) is 10.4.